The Bertz CT molecular complexity index is 874. The van der Waals surface area contributed by atoms with Crippen molar-refractivity contribution in [2.75, 3.05) is 13.2 Å². The minimum atomic E-state index is -0.759. The summed E-state index contributed by atoms with van der Waals surface area (Å²) in [4.78, 5) is 37.9. The molecule has 0 spiro atoms. The molecule has 0 amide bonds. The molecule has 59 heavy (non-hydrogen) atoms. The molecule has 0 aromatic carbocycles. The van der Waals surface area contributed by atoms with Crippen LogP contribution in [0.3, 0.4) is 0 Å². The van der Waals surface area contributed by atoms with Crippen LogP contribution >= 0.6 is 0 Å². The number of carbonyl (C=O) groups excluding carboxylic acids is 3. The lowest BCUT2D eigenvalue weighted by Crippen LogP contribution is -2.30. The van der Waals surface area contributed by atoms with Gasteiger partial charge in [0, 0.05) is 19.3 Å². The molecule has 0 fully saturated rings. The molecule has 0 aliphatic carbocycles. The average Bonchev–Trinajstić information content (AvgIpc) is 3.23. The molecular weight excluding hydrogens is 733 g/mol. The highest BCUT2D eigenvalue weighted by atomic mass is 16.6. The molecule has 1 atom stereocenters. The normalized spacial score (nSPS) is 11.8. The van der Waals surface area contributed by atoms with Gasteiger partial charge in [0.2, 0.25) is 0 Å². The van der Waals surface area contributed by atoms with Crippen LogP contribution in [0.15, 0.2) is 0 Å². The predicted molar refractivity (Wildman–Crippen MR) is 252 cm³/mol. The number of rotatable bonds is 49. The van der Waals surface area contributed by atoms with Crippen LogP contribution in [-0.4, -0.2) is 37.2 Å². The fraction of sp³-hybridized carbons (Fsp3) is 0.943. The molecule has 0 heterocycles. The Morgan fingerprint density at radius 1 is 0.271 bits per heavy atom. The molecule has 0 aliphatic rings. The number of esters is 3. The van der Waals surface area contributed by atoms with E-state index in [2.05, 4.69) is 20.8 Å². The molecule has 0 rings (SSSR count). The Hall–Kier alpha value is -1.59. The quantitative estimate of drug-likeness (QED) is 0.0345. The Kier molecular flexibility index (Phi) is 47.7. The van der Waals surface area contributed by atoms with Crippen molar-refractivity contribution in [3.8, 4) is 0 Å². The van der Waals surface area contributed by atoms with E-state index >= 15 is 0 Å². The third-order valence-electron chi connectivity index (χ3n) is 12.1. The maximum Gasteiger partial charge on any atom is 0.306 e. The van der Waals surface area contributed by atoms with Gasteiger partial charge in [0.15, 0.2) is 6.10 Å². The first-order chi connectivity index (χ1) is 29.0. The third-order valence-corrected chi connectivity index (χ3v) is 12.1. The Balaban J connectivity index is 4.23. The molecule has 0 radical (unpaired) electrons. The van der Waals surface area contributed by atoms with Crippen LogP contribution < -0.4 is 0 Å². The molecule has 0 N–H and O–H groups in total. The van der Waals surface area contributed by atoms with Gasteiger partial charge in [0.05, 0.1) is 0 Å². The zero-order chi connectivity index (χ0) is 43.0. The zero-order valence-corrected chi connectivity index (χ0v) is 40.1. The number of unbranched alkanes of at least 4 members (excludes halogenated alkanes) is 38. The van der Waals surface area contributed by atoms with Crippen LogP contribution in [0.25, 0.3) is 0 Å². The fourth-order valence-electron chi connectivity index (χ4n) is 8.09. The summed E-state index contributed by atoms with van der Waals surface area (Å²) in [6, 6.07) is 0. The summed E-state index contributed by atoms with van der Waals surface area (Å²) in [5.41, 5.74) is 0. The molecule has 0 saturated heterocycles. The van der Waals surface area contributed by atoms with Crippen LogP contribution in [0.5, 0.6) is 0 Å². The van der Waals surface area contributed by atoms with E-state index in [0.29, 0.717) is 19.3 Å². The highest BCUT2D eigenvalue weighted by molar-refractivity contribution is 5.71. The van der Waals surface area contributed by atoms with Gasteiger partial charge in [0.1, 0.15) is 13.2 Å². The van der Waals surface area contributed by atoms with Crippen LogP contribution in [-0.2, 0) is 28.6 Å². The first kappa shape index (κ1) is 57.4. The number of carbonyl (C=O) groups is 3. The summed E-state index contributed by atoms with van der Waals surface area (Å²) >= 11 is 0. The lowest BCUT2D eigenvalue weighted by molar-refractivity contribution is -0.167. The van der Waals surface area contributed by atoms with Crippen molar-refractivity contribution in [1.29, 1.82) is 0 Å². The van der Waals surface area contributed by atoms with E-state index in [1.807, 2.05) is 0 Å². The monoisotopic (exact) mass is 835 g/mol. The van der Waals surface area contributed by atoms with Crippen molar-refractivity contribution >= 4 is 17.9 Å². The second-order valence-corrected chi connectivity index (χ2v) is 18.2. The van der Waals surface area contributed by atoms with Gasteiger partial charge >= 0.3 is 17.9 Å². The van der Waals surface area contributed by atoms with Gasteiger partial charge < -0.3 is 14.2 Å². The Morgan fingerprint density at radius 2 is 0.458 bits per heavy atom. The van der Waals surface area contributed by atoms with E-state index in [1.54, 1.807) is 0 Å². The van der Waals surface area contributed by atoms with Crippen molar-refractivity contribution in [3.05, 3.63) is 0 Å². The summed E-state index contributed by atoms with van der Waals surface area (Å²) < 4.78 is 16.8. The zero-order valence-electron chi connectivity index (χ0n) is 40.1. The van der Waals surface area contributed by atoms with E-state index in [1.165, 1.54) is 205 Å². The molecular formula is C53H102O6. The first-order valence-electron chi connectivity index (χ1n) is 26.5. The minimum Gasteiger partial charge on any atom is -0.462 e. The summed E-state index contributed by atoms with van der Waals surface area (Å²) in [5, 5.41) is 0. The van der Waals surface area contributed by atoms with Gasteiger partial charge in [-0.05, 0) is 19.3 Å². The van der Waals surface area contributed by atoms with Crippen molar-refractivity contribution in [3.63, 3.8) is 0 Å². The van der Waals surface area contributed by atoms with E-state index < -0.39 is 6.10 Å². The van der Waals surface area contributed by atoms with Gasteiger partial charge in [-0.3, -0.25) is 14.4 Å². The summed E-state index contributed by atoms with van der Waals surface area (Å²) in [6.45, 7) is 6.67. The van der Waals surface area contributed by atoms with Gasteiger partial charge in [-0.1, -0.05) is 265 Å². The van der Waals surface area contributed by atoms with Crippen molar-refractivity contribution < 1.29 is 28.6 Å². The van der Waals surface area contributed by atoms with Gasteiger partial charge in [-0.25, -0.2) is 0 Å². The number of hydrogen-bond donors (Lipinski definition) is 0. The SMILES string of the molecule is CCCCCCCCCCCCCCCCCCCCC(=O)OC[C@H](COC(=O)CCCCCCCCCCCCCCC)OC(=O)CCCCCCCCCCCC. The van der Waals surface area contributed by atoms with E-state index in [4.69, 9.17) is 14.2 Å². The Labute approximate surface area is 368 Å². The molecule has 0 aromatic rings. The molecule has 0 aromatic heterocycles. The van der Waals surface area contributed by atoms with Gasteiger partial charge in [-0.2, -0.15) is 0 Å². The van der Waals surface area contributed by atoms with Crippen molar-refractivity contribution in [2.24, 2.45) is 0 Å². The largest absolute Gasteiger partial charge is 0.462 e. The smallest absolute Gasteiger partial charge is 0.306 e. The van der Waals surface area contributed by atoms with Crippen LogP contribution in [0, 0.1) is 0 Å². The number of ether oxygens (including phenoxy) is 3. The van der Waals surface area contributed by atoms with E-state index in [-0.39, 0.29) is 31.1 Å². The topological polar surface area (TPSA) is 78.9 Å². The van der Waals surface area contributed by atoms with Crippen LogP contribution in [0.1, 0.15) is 303 Å². The molecule has 350 valence electrons. The fourth-order valence-corrected chi connectivity index (χ4v) is 8.09. The van der Waals surface area contributed by atoms with E-state index in [9.17, 15) is 14.4 Å². The average molecular weight is 835 g/mol. The maximum absolute atomic E-state index is 12.7. The van der Waals surface area contributed by atoms with E-state index in [0.717, 1.165) is 57.8 Å². The molecule has 0 bridgehead atoms. The lowest BCUT2D eigenvalue weighted by Gasteiger charge is -2.18. The van der Waals surface area contributed by atoms with Gasteiger partial charge in [0.25, 0.3) is 0 Å². The third kappa shape index (κ3) is 47.3. The molecule has 0 saturated carbocycles. The summed E-state index contributed by atoms with van der Waals surface area (Å²) in [5.74, 6) is -0.842. The van der Waals surface area contributed by atoms with Crippen LogP contribution in [0.2, 0.25) is 0 Å². The Morgan fingerprint density at radius 3 is 0.678 bits per heavy atom. The molecule has 6 nitrogen and oxygen atoms in total. The van der Waals surface area contributed by atoms with Crippen molar-refractivity contribution in [1.82, 2.24) is 0 Å². The first-order valence-corrected chi connectivity index (χ1v) is 26.5. The maximum atomic E-state index is 12.7. The minimum absolute atomic E-state index is 0.0618. The lowest BCUT2D eigenvalue weighted by atomic mass is 10.0. The highest BCUT2D eigenvalue weighted by Crippen LogP contribution is 2.17. The molecule has 0 aliphatic heterocycles. The second kappa shape index (κ2) is 49.1. The summed E-state index contributed by atoms with van der Waals surface area (Å²) in [6.07, 6.45) is 52.3. The van der Waals surface area contributed by atoms with Crippen molar-refractivity contribution in [2.45, 2.75) is 309 Å². The summed E-state index contributed by atoms with van der Waals surface area (Å²) in [7, 11) is 0. The molecule has 0 unspecified atom stereocenters. The highest BCUT2D eigenvalue weighted by Gasteiger charge is 2.19. The second-order valence-electron chi connectivity index (χ2n) is 18.2. The predicted octanol–water partition coefficient (Wildman–Crippen LogP) is 17.2. The standard InChI is InChI=1S/C53H102O6/c1-4-7-10-13-16-19-22-24-25-26-27-28-30-32-35-37-40-43-46-52(55)58-49-50(59-53(56)47-44-41-38-33-21-18-15-12-9-6-3)48-57-51(54)45-42-39-36-34-31-29-23-20-17-14-11-8-5-2/h50H,4-49H2,1-3H3/t50-/m0/s1. The molecule has 6 heteroatoms. The van der Waals surface area contributed by atoms with Gasteiger partial charge in [-0.15, -0.1) is 0 Å². The number of hydrogen-bond acceptors (Lipinski definition) is 6. The van der Waals surface area contributed by atoms with Crippen LogP contribution in [0.4, 0.5) is 0 Å².